The lowest BCUT2D eigenvalue weighted by atomic mass is 10.1. The summed E-state index contributed by atoms with van der Waals surface area (Å²) in [5, 5.41) is 12.1. The van der Waals surface area contributed by atoms with Crippen molar-refractivity contribution >= 4 is 5.91 Å². The van der Waals surface area contributed by atoms with Gasteiger partial charge >= 0.3 is 0 Å². The van der Waals surface area contributed by atoms with E-state index in [1.165, 1.54) is 0 Å². The number of phenolic OH excluding ortho intramolecular Hbond substituents is 1. The Kier molecular flexibility index (Phi) is 6.29. The van der Waals surface area contributed by atoms with Gasteiger partial charge in [-0.2, -0.15) is 0 Å². The molecule has 0 spiro atoms. The molecule has 0 radical (unpaired) electrons. The molecule has 1 aliphatic heterocycles. The average Bonchev–Trinajstić information content (AvgIpc) is 2.51. The number of nitrogens with one attached hydrogen (secondary N) is 1. The number of carbonyl (C=O) groups is 1. The number of hydrogen-bond acceptors (Lipinski definition) is 4. The van der Waals surface area contributed by atoms with Crippen LogP contribution in [-0.4, -0.2) is 66.6 Å². The second-order valence-electron chi connectivity index (χ2n) is 5.67. The highest BCUT2D eigenvalue weighted by Gasteiger charge is 2.18. The van der Waals surface area contributed by atoms with Crippen molar-refractivity contribution in [1.82, 2.24) is 15.1 Å². The van der Waals surface area contributed by atoms with Crippen molar-refractivity contribution in [1.29, 1.82) is 0 Å². The zero-order valence-corrected chi connectivity index (χ0v) is 13.3. The van der Waals surface area contributed by atoms with E-state index in [-0.39, 0.29) is 0 Å². The lowest BCUT2D eigenvalue weighted by Gasteiger charge is -2.33. The predicted molar refractivity (Wildman–Crippen MR) is 83.5 cm³/mol. The molecule has 0 atom stereocenters. The fourth-order valence-electron chi connectivity index (χ4n) is 2.71. The first kappa shape index (κ1) is 17.6. The largest absolute Gasteiger partial charge is 0.507 e. The van der Waals surface area contributed by atoms with E-state index in [2.05, 4.69) is 22.0 Å². The Balaban J connectivity index is 1.73. The molecule has 1 aliphatic rings. The normalized spacial score (nSPS) is 16.5. The molecule has 0 bridgehead atoms. The van der Waals surface area contributed by atoms with E-state index in [0.29, 0.717) is 12.6 Å². The van der Waals surface area contributed by atoms with E-state index in [1.807, 2.05) is 0 Å². The number of likely N-dealkylation sites (N-methyl/N-ethyl adjacent to an activating group) is 1. The van der Waals surface area contributed by atoms with Crippen LogP contribution in [0.3, 0.4) is 0 Å². The number of rotatable bonds is 6. The molecule has 5 nitrogen and oxygen atoms in total. The van der Waals surface area contributed by atoms with E-state index in [4.69, 9.17) is 0 Å². The van der Waals surface area contributed by atoms with Crippen molar-refractivity contribution < 1.29 is 18.7 Å². The van der Waals surface area contributed by atoms with Gasteiger partial charge in [0.25, 0.3) is 5.91 Å². The van der Waals surface area contributed by atoms with Gasteiger partial charge in [-0.05, 0) is 19.5 Å². The zero-order valence-electron chi connectivity index (χ0n) is 13.3. The van der Waals surface area contributed by atoms with Crippen LogP contribution in [-0.2, 0) is 0 Å². The SMILES string of the molecule is CCN1CCN(CCCNC(=O)c2c(O)cc(F)cc2F)CC1. The molecule has 128 valence electrons. The summed E-state index contributed by atoms with van der Waals surface area (Å²) in [7, 11) is 0. The second kappa shape index (κ2) is 8.21. The molecule has 0 aliphatic carbocycles. The molecule has 7 heteroatoms. The van der Waals surface area contributed by atoms with E-state index >= 15 is 0 Å². The quantitative estimate of drug-likeness (QED) is 0.776. The Labute approximate surface area is 134 Å². The van der Waals surface area contributed by atoms with Crippen LogP contribution in [0.25, 0.3) is 0 Å². The van der Waals surface area contributed by atoms with Gasteiger partial charge in [-0.3, -0.25) is 4.79 Å². The maximum Gasteiger partial charge on any atom is 0.258 e. The van der Waals surface area contributed by atoms with Gasteiger partial charge in [0.05, 0.1) is 0 Å². The van der Waals surface area contributed by atoms with Gasteiger partial charge in [0, 0.05) is 44.9 Å². The summed E-state index contributed by atoms with van der Waals surface area (Å²) in [6, 6.07) is 1.31. The van der Waals surface area contributed by atoms with Crippen molar-refractivity contribution in [3.05, 3.63) is 29.3 Å². The number of amides is 1. The summed E-state index contributed by atoms with van der Waals surface area (Å²) in [5.74, 6) is -3.38. The maximum atomic E-state index is 13.6. The molecule has 2 N–H and O–H groups in total. The second-order valence-corrected chi connectivity index (χ2v) is 5.67. The van der Waals surface area contributed by atoms with Gasteiger partial charge in [-0.15, -0.1) is 0 Å². The van der Waals surface area contributed by atoms with Crippen LogP contribution in [0, 0.1) is 11.6 Å². The summed E-state index contributed by atoms with van der Waals surface area (Å²) < 4.78 is 26.5. The minimum atomic E-state index is -1.06. The molecule has 0 saturated carbocycles. The Bertz CT molecular complexity index is 523. The monoisotopic (exact) mass is 327 g/mol. The summed E-state index contributed by atoms with van der Waals surface area (Å²) >= 11 is 0. The summed E-state index contributed by atoms with van der Waals surface area (Å²) in [5.41, 5.74) is -0.511. The first-order chi connectivity index (χ1) is 11.0. The van der Waals surface area contributed by atoms with Gasteiger partial charge in [0.2, 0.25) is 0 Å². The van der Waals surface area contributed by atoms with Gasteiger partial charge in [-0.25, -0.2) is 8.78 Å². The minimum absolute atomic E-state index is 0.378. The Hall–Kier alpha value is -1.73. The number of benzene rings is 1. The minimum Gasteiger partial charge on any atom is -0.507 e. The molecule has 1 aromatic carbocycles. The molecule has 1 heterocycles. The van der Waals surface area contributed by atoms with Crippen molar-refractivity contribution in [3.8, 4) is 5.75 Å². The highest BCUT2D eigenvalue weighted by atomic mass is 19.1. The average molecular weight is 327 g/mol. The van der Waals surface area contributed by atoms with Crippen molar-refractivity contribution in [2.45, 2.75) is 13.3 Å². The number of aromatic hydroxyl groups is 1. The van der Waals surface area contributed by atoms with Crippen LogP contribution in [0.1, 0.15) is 23.7 Å². The molecule has 1 aromatic rings. The van der Waals surface area contributed by atoms with E-state index in [0.717, 1.165) is 51.8 Å². The van der Waals surface area contributed by atoms with Crippen molar-refractivity contribution in [2.24, 2.45) is 0 Å². The van der Waals surface area contributed by atoms with E-state index in [9.17, 15) is 18.7 Å². The topological polar surface area (TPSA) is 55.8 Å². The van der Waals surface area contributed by atoms with Crippen LogP contribution < -0.4 is 5.32 Å². The molecule has 0 unspecified atom stereocenters. The Morgan fingerprint density at radius 1 is 1.22 bits per heavy atom. The fraction of sp³-hybridized carbons (Fsp3) is 0.562. The molecule has 1 saturated heterocycles. The van der Waals surface area contributed by atoms with Crippen LogP contribution in [0.15, 0.2) is 12.1 Å². The zero-order chi connectivity index (χ0) is 16.8. The number of phenols is 1. The van der Waals surface area contributed by atoms with Crippen LogP contribution in [0.2, 0.25) is 0 Å². The van der Waals surface area contributed by atoms with E-state index < -0.39 is 28.9 Å². The highest BCUT2D eigenvalue weighted by Crippen LogP contribution is 2.21. The third-order valence-electron chi connectivity index (χ3n) is 4.11. The lowest BCUT2D eigenvalue weighted by Crippen LogP contribution is -2.46. The Morgan fingerprint density at radius 3 is 2.48 bits per heavy atom. The molecule has 1 fully saturated rings. The molecule has 2 rings (SSSR count). The molecular weight excluding hydrogens is 304 g/mol. The fourth-order valence-corrected chi connectivity index (χ4v) is 2.71. The van der Waals surface area contributed by atoms with Crippen LogP contribution in [0.5, 0.6) is 5.75 Å². The Morgan fingerprint density at radius 2 is 1.87 bits per heavy atom. The number of hydrogen-bond donors (Lipinski definition) is 2. The maximum absolute atomic E-state index is 13.6. The number of nitrogens with zero attached hydrogens (tertiary/aromatic N) is 2. The first-order valence-corrected chi connectivity index (χ1v) is 7.92. The predicted octanol–water partition coefficient (Wildman–Crippen LogP) is 1.43. The molecule has 1 amide bonds. The van der Waals surface area contributed by atoms with E-state index in [1.54, 1.807) is 0 Å². The van der Waals surface area contributed by atoms with Gasteiger partial charge in [0.1, 0.15) is 22.9 Å². The smallest absolute Gasteiger partial charge is 0.258 e. The third-order valence-corrected chi connectivity index (χ3v) is 4.11. The third kappa shape index (κ3) is 4.87. The molecule has 23 heavy (non-hydrogen) atoms. The van der Waals surface area contributed by atoms with Gasteiger partial charge in [-0.1, -0.05) is 6.92 Å². The first-order valence-electron chi connectivity index (χ1n) is 7.92. The summed E-state index contributed by atoms with van der Waals surface area (Å²) in [4.78, 5) is 16.6. The van der Waals surface area contributed by atoms with Gasteiger partial charge < -0.3 is 20.2 Å². The lowest BCUT2D eigenvalue weighted by molar-refractivity contribution is 0.0941. The van der Waals surface area contributed by atoms with Crippen molar-refractivity contribution in [2.75, 3.05) is 45.8 Å². The standard InChI is InChI=1S/C16H23F2N3O2/c1-2-20-6-8-21(9-7-20)5-3-4-19-16(23)15-13(18)10-12(17)11-14(15)22/h10-11,22H,2-9H2,1H3,(H,19,23). The molecular formula is C16H23F2N3O2. The summed E-state index contributed by atoms with van der Waals surface area (Å²) in [6.07, 6.45) is 0.738. The van der Waals surface area contributed by atoms with Crippen LogP contribution in [0.4, 0.5) is 8.78 Å². The van der Waals surface area contributed by atoms with Gasteiger partial charge in [0.15, 0.2) is 0 Å². The number of piperazine rings is 1. The van der Waals surface area contributed by atoms with Crippen molar-refractivity contribution in [3.63, 3.8) is 0 Å². The highest BCUT2D eigenvalue weighted by molar-refractivity contribution is 5.97. The van der Waals surface area contributed by atoms with Crippen LogP contribution >= 0.6 is 0 Å². The number of carbonyl (C=O) groups excluding carboxylic acids is 1. The summed E-state index contributed by atoms with van der Waals surface area (Å²) in [6.45, 7) is 8.57. The molecule has 0 aromatic heterocycles. The number of halogens is 2.